The first kappa shape index (κ1) is 25.4. The quantitative estimate of drug-likeness (QED) is 0.206. The van der Waals surface area contributed by atoms with Gasteiger partial charge in [-0.1, -0.05) is 35.9 Å². The van der Waals surface area contributed by atoms with Crippen molar-refractivity contribution in [3.63, 3.8) is 0 Å². The third-order valence-electron chi connectivity index (χ3n) is 6.47. The van der Waals surface area contributed by atoms with E-state index >= 15 is 0 Å². The number of carbonyl (C=O) groups excluding carboxylic acids is 2. The average molecular weight is 531 g/mol. The van der Waals surface area contributed by atoms with Crippen molar-refractivity contribution in [1.82, 2.24) is 4.57 Å². The highest BCUT2D eigenvalue weighted by molar-refractivity contribution is 6.30. The predicted molar refractivity (Wildman–Crippen MR) is 146 cm³/mol. The Labute approximate surface area is 225 Å². The highest BCUT2D eigenvalue weighted by atomic mass is 35.5. The molecular formula is C30H27ClN2O5. The number of Topliss-reactive ketones (excluding diaryl/α,β-unsaturated/α-hetero) is 1. The number of hydrogen-bond donors (Lipinski definition) is 1. The fourth-order valence-electron chi connectivity index (χ4n) is 4.56. The number of aryl methyl sites for hydroxylation is 1. The van der Waals surface area contributed by atoms with Crippen LogP contribution in [0.2, 0.25) is 5.02 Å². The van der Waals surface area contributed by atoms with E-state index in [9.17, 15) is 9.59 Å². The van der Waals surface area contributed by atoms with Crippen LogP contribution < -0.4 is 14.8 Å². The number of halogens is 1. The Balaban J connectivity index is 1.23. The Morgan fingerprint density at radius 2 is 1.71 bits per heavy atom. The Bertz CT molecular complexity index is 1490. The first-order chi connectivity index (χ1) is 18.4. The van der Waals surface area contributed by atoms with Crippen molar-refractivity contribution in [1.29, 1.82) is 0 Å². The molecule has 0 amide bonds. The molecular weight excluding hydrogens is 504 g/mol. The standard InChI is InChI=1S/C30H27ClN2O5/c1-19-15-25(20(2)33(19)23-11-12-28-29(16-23)38-18-37-28)27(34)17-36-30(35)24-5-3-4-6-26(24)32-14-13-21-7-9-22(31)10-8-21/h3-12,15-16,32H,13-14,17-18H2,1-2H3. The van der Waals surface area contributed by atoms with Gasteiger partial charge in [0.1, 0.15) is 0 Å². The lowest BCUT2D eigenvalue weighted by Gasteiger charge is -2.12. The number of para-hydroxylation sites is 1. The summed E-state index contributed by atoms with van der Waals surface area (Å²) in [5, 5.41) is 3.98. The molecule has 3 aromatic carbocycles. The molecule has 0 unspecified atom stereocenters. The molecule has 0 bridgehead atoms. The Kier molecular flexibility index (Phi) is 7.38. The lowest BCUT2D eigenvalue weighted by atomic mass is 10.1. The summed E-state index contributed by atoms with van der Waals surface area (Å²) in [5.74, 6) is 0.528. The van der Waals surface area contributed by atoms with Gasteiger partial charge in [0.15, 0.2) is 18.1 Å². The normalized spacial score (nSPS) is 11.9. The van der Waals surface area contributed by atoms with Crippen LogP contribution in [-0.4, -0.2) is 36.3 Å². The molecule has 0 saturated carbocycles. The topological polar surface area (TPSA) is 78.8 Å². The molecule has 0 saturated heterocycles. The van der Waals surface area contributed by atoms with Crippen LogP contribution in [0.1, 0.15) is 37.7 Å². The molecule has 0 radical (unpaired) electrons. The van der Waals surface area contributed by atoms with Gasteiger partial charge in [-0.25, -0.2) is 4.79 Å². The Morgan fingerprint density at radius 1 is 0.947 bits per heavy atom. The van der Waals surface area contributed by atoms with E-state index in [1.165, 1.54) is 0 Å². The van der Waals surface area contributed by atoms with Crippen molar-refractivity contribution >= 4 is 29.0 Å². The smallest absolute Gasteiger partial charge is 0.340 e. The van der Waals surface area contributed by atoms with Gasteiger partial charge in [-0.05, 0) is 68.3 Å². The van der Waals surface area contributed by atoms with Crippen molar-refractivity contribution in [2.75, 3.05) is 25.3 Å². The molecule has 2 heterocycles. The molecule has 8 heteroatoms. The molecule has 1 N–H and O–H groups in total. The summed E-state index contributed by atoms with van der Waals surface area (Å²) < 4.78 is 18.3. The number of fused-ring (bicyclic) bond motifs is 1. The van der Waals surface area contributed by atoms with Gasteiger partial charge in [-0.2, -0.15) is 0 Å². The lowest BCUT2D eigenvalue weighted by molar-refractivity contribution is 0.0475. The summed E-state index contributed by atoms with van der Waals surface area (Å²) in [7, 11) is 0. The van der Waals surface area contributed by atoms with E-state index in [2.05, 4.69) is 5.32 Å². The predicted octanol–water partition coefficient (Wildman–Crippen LogP) is 6.17. The van der Waals surface area contributed by atoms with Gasteiger partial charge >= 0.3 is 5.97 Å². The number of ether oxygens (including phenoxy) is 3. The summed E-state index contributed by atoms with van der Waals surface area (Å²) in [6.45, 7) is 4.25. The number of nitrogens with one attached hydrogen (secondary N) is 1. The van der Waals surface area contributed by atoms with E-state index in [0.717, 1.165) is 29.1 Å². The fraction of sp³-hybridized carbons (Fsp3) is 0.200. The number of benzene rings is 3. The van der Waals surface area contributed by atoms with Crippen LogP contribution in [0.5, 0.6) is 11.5 Å². The van der Waals surface area contributed by atoms with E-state index in [4.69, 9.17) is 25.8 Å². The maximum Gasteiger partial charge on any atom is 0.340 e. The minimum absolute atomic E-state index is 0.193. The molecule has 1 aromatic heterocycles. The monoisotopic (exact) mass is 530 g/mol. The number of nitrogens with zero attached hydrogens (tertiary/aromatic N) is 1. The van der Waals surface area contributed by atoms with E-state index < -0.39 is 5.97 Å². The summed E-state index contributed by atoms with van der Waals surface area (Å²) in [6, 6.07) is 22.2. The van der Waals surface area contributed by atoms with Crippen molar-refractivity contribution in [2.24, 2.45) is 0 Å². The minimum Gasteiger partial charge on any atom is -0.454 e. The van der Waals surface area contributed by atoms with Crippen LogP contribution in [-0.2, 0) is 11.2 Å². The SMILES string of the molecule is Cc1cc(C(=O)COC(=O)c2ccccc2NCCc2ccc(Cl)cc2)c(C)n1-c1ccc2c(c1)OCO2. The molecule has 0 atom stereocenters. The highest BCUT2D eigenvalue weighted by Crippen LogP contribution is 2.35. The molecule has 5 rings (SSSR count). The van der Waals surface area contributed by atoms with E-state index in [-0.39, 0.29) is 19.2 Å². The molecule has 0 spiro atoms. The number of aromatic nitrogens is 1. The van der Waals surface area contributed by atoms with Crippen LogP contribution in [0.25, 0.3) is 5.69 Å². The van der Waals surface area contributed by atoms with Gasteiger partial charge < -0.3 is 24.1 Å². The summed E-state index contributed by atoms with van der Waals surface area (Å²) in [4.78, 5) is 26.0. The third-order valence-corrected chi connectivity index (χ3v) is 6.72. The molecule has 194 valence electrons. The highest BCUT2D eigenvalue weighted by Gasteiger charge is 2.21. The van der Waals surface area contributed by atoms with Gasteiger partial charge in [-0.3, -0.25) is 4.79 Å². The molecule has 0 aliphatic carbocycles. The molecule has 7 nitrogen and oxygen atoms in total. The van der Waals surface area contributed by atoms with Crippen LogP contribution in [0.4, 0.5) is 5.69 Å². The van der Waals surface area contributed by atoms with Crippen LogP contribution in [0.3, 0.4) is 0 Å². The van der Waals surface area contributed by atoms with Crippen molar-refractivity contribution in [2.45, 2.75) is 20.3 Å². The van der Waals surface area contributed by atoms with E-state index in [1.54, 1.807) is 12.1 Å². The van der Waals surface area contributed by atoms with Gasteiger partial charge in [-0.15, -0.1) is 0 Å². The maximum atomic E-state index is 13.1. The number of anilines is 1. The van der Waals surface area contributed by atoms with Crippen LogP contribution >= 0.6 is 11.6 Å². The Hall–Kier alpha value is -4.23. The van der Waals surface area contributed by atoms with Crippen molar-refractivity contribution in [3.05, 3.63) is 106 Å². The van der Waals surface area contributed by atoms with Crippen LogP contribution in [0, 0.1) is 13.8 Å². The van der Waals surface area contributed by atoms with Crippen molar-refractivity contribution in [3.8, 4) is 17.2 Å². The molecule has 38 heavy (non-hydrogen) atoms. The third kappa shape index (κ3) is 5.38. The number of carbonyl (C=O) groups is 2. The zero-order valence-electron chi connectivity index (χ0n) is 21.1. The maximum absolute atomic E-state index is 13.1. The second-order valence-electron chi connectivity index (χ2n) is 9.01. The van der Waals surface area contributed by atoms with E-state index in [1.807, 2.05) is 79.1 Å². The zero-order chi connectivity index (χ0) is 26.6. The lowest BCUT2D eigenvalue weighted by Crippen LogP contribution is -2.17. The number of esters is 1. The fourth-order valence-corrected chi connectivity index (χ4v) is 4.69. The molecule has 0 fully saturated rings. The molecule has 1 aliphatic rings. The summed E-state index contributed by atoms with van der Waals surface area (Å²) >= 11 is 5.95. The van der Waals surface area contributed by atoms with Crippen molar-refractivity contribution < 1.29 is 23.8 Å². The first-order valence-corrected chi connectivity index (χ1v) is 12.6. The minimum atomic E-state index is -0.558. The van der Waals surface area contributed by atoms with Gasteiger partial charge in [0, 0.05) is 46.0 Å². The number of ketones is 1. The van der Waals surface area contributed by atoms with Crippen LogP contribution in [0.15, 0.2) is 72.8 Å². The van der Waals surface area contributed by atoms with Gasteiger partial charge in [0.05, 0.1) is 5.56 Å². The molecule has 4 aromatic rings. The second kappa shape index (κ2) is 11.0. The average Bonchev–Trinajstić information content (AvgIpc) is 3.51. The zero-order valence-corrected chi connectivity index (χ0v) is 21.9. The number of rotatable bonds is 9. The Morgan fingerprint density at radius 3 is 2.53 bits per heavy atom. The second-order valence-corrected chi connectivity index (χ2v) is 9.44. The summed E-state index contributed by atoms with van der Waals surface area (Å²) in [5.41, 5.74) is 5.16. The van der Waals surface area contributed by atoms with Gasteiger partial charge in [0.25, 0.3) is 0 Å². The summed E-state index contributed by atoms with van der Waals surface area (Å²) in [6.07, 6.45) is 0.762. The van der Waals surface area contributed by atoms with Gasteiger partial charge in [0.2, 0.25) is 12.6 Å². The number of hydrogen-bond acceptors (Lipinski definition) is 6. The molecule has 1 aliphatic heterocycles. The largest absolute Gasteiger partial charge is 0.454 e. The first-order valence-electron chi connectivity index (χ1n) is 12.3. The van der Waals surface area contributed by atoms with E-state index in [0.29, 0.717) is 39.9 Å².